The number of piperidine rings is 1. The summed E-state index contributed by atoms with van der Waals surface area (Å²) < 4.78 is 5.82. The van der Waals surface area contributed by atoms with Gasteiger partial charge in [0.05, 0.1) is 6.61 Å². The van der Waals surface area contributed by atoms with Gasteiger partial charge in [-0.1, -0.05) is 12.1 Å². The molecule has 0 spiro atoms. The lowest BCUT2D eigenvalue weighted by Gasteiger charge is -2.30. The Morgan fingerprint density at radius 3 is 2.65 bits per heavy atom. The van der Waals surface area contributed by atoms with Crippen LogP contribution in [0.4, 0.5) is 0 Å². The molecule has 1 saturated heterocycles. The molecule has 1 aliphatic rings. The topological polar surface area (TPSA) is 55.6 Å². The van der Waals surface area contributed by atoms with E-state index in [0.29, 0.717) is 13.0 Å². The molecule has 0 unspecified atom stereocenters. The number of hydrogen-bond acceptors (Lipinski definition) is 3. The van der Waals surface area contributed by atoms with Gasteiger partial charge >= 0.3 is 0 Å². The molecule has 1 aliphatic heterocycles. The van der Waals surface area contributed by atoms with Gasteiger partial charge in [-0.3, -0.25) is 4.79 Å². The van der Waals surface area contributed by atoms with Crippen molar-refractivity contribution in [1.82, 2.24) is 4.90 Å². The summed E-state index contributed by atoms with van der Waals surface area (Å²) in [6.45, 7) is 6.43. The van der Waals surface area contributed by atoms with Gasteiger partial charge in [-0.2, -0.15) is 0 Å². The smallest absolute Gasteiger partial charge is 0.222 e. The third kappa shape index (κ3) is 6.40. The first-order chi connectivity index (χ1) is 10.6. The molecule has 1 heterocycles. The third-order valence-corrected chi connectivity index (χ3v) is 4.28. The van der Waals surface area contributed by atoms with Crippen molar-refractivity contribution in [3.8, 4) is 5.75 Å². The average Bonchev–Trinajstić information content (AvgIpc) is 2.50. The molecule has 130 valence electrons. The molecule has 5 heteroatoms. The van der Waals surface area contributed by atoms with E-state index in [-0.39, 0.29) is 24.4 Å². The number of halogens is 1. The zero-order valence-corrected chi connectivity index (χ0v) is 15.0. The van der Waals surface area contributed by atoms with Gasteiger partial charge < -0.3 is 15.4 Å². The lowest BCUT2D eigenvalue weighted by atomic mass is 10.1. The molecule has 4 nitrogen and oxygen atoms in total. The van der Waals surface area contributed by atoms with Crippen molar-refractivity contribution in [2.24, 2.45) is 5.73 Å². The monoisotopic (exact) mass is 340 g/mol. The fraction of sp³-hybridized carbons (Fsp3) is 0.611. The van der Waals surface area contributed by atoms with Crippen LogP contribution in [-0.4, -0.2) is 36.5 Å². The standard InChI is InChI=1S/C18H28N2O2.ClH/c1-14-6-7-15(2)17(13-14)22-12-4-3-5-18(21)20-10-8-16(19)9-11-20;/h6-7,13,16H,3-5,8-12,19H2,1-2H3;1H. The summed E-state index contributed by atoms with van der Waals surface area (Å²) in [4.78, 5) is 14.0. The SMILES string of the molecule is Cc1ccc(C)c(OCCCCC(=O)N2CCC(N)CC2)c1.Cl. The van der Waals surface area contributed by atoms with Gasteiger partial charge in [-0.25, -0.2) is 0 Å². The van der Waals surface area contributed by atoms with E-state index in [2.05, 4.69) is 32.0 Å². The summed E-state index contributed by atoms with van der Waals surface area (Å²) in [5.74, 6) is 1.22. The number of carbonyl (C=O) groups excluding carboxylic acids is 1. The molecule has 0 aromatic heterocycles. The normalized spacial score (nSPS) is 15.2. The number of benzene rings is 1. The Morgan fingerprint density at radius 2 is 1.96 bits per heavy atom. The Labute approximate surface area is 145 Å². The Morgan fingerprint density at radius 1 is 1.26 bits per heavy atom. The van der Waals surface area contributed by atoms with E-state index in [4.69, 9.17) is 10.5 Å². The van der Waals surface area contributed by atoms with Crippen LogP contribution in [-0.2, 0) is 4.79 Å². The summed E-state index contributed by atoms with van der Waals surface area (Å²) in [6.07, 6.45) is 4.27. The molecule has 1 aromatic rings. The van der Waals surface area contributed by atoms with E-state index >= 15 is 0 Å². The molecule has 1 fully saturated rings. The number of aryl methyl sites for hydroxylation is 2. The summed E-state index contributed by atoms with van der Waals surface area (Å²) in [6, 6.07) is 6.51. The highest BCUT2D eigenvalue weighted by molar-refractivity contribution is 5.85. The first-order valence-electron chi connectivity index (χ1n) is 8.29. The van der Waals surface area contributed by atoms with Crippen molar-refractivity contribution in [3.05, 3.63) is 29.3 Å². The molecule has 0 atom stereocenters. The fourth-order valence-electron chi connectivity index (χ4n) is 2.73. The fourth-order valence-corrected chi connectivity index (χ4v) is 2.73. The quantitative estimate of drug-likeness (QED) is 0.809. The summed E-state index contributed by atoms with van der Waals surface area (Å²) in [5, 5.41) is 0. The van der Waals surface area contributed by atoms with Gasteiger partial charge in [0.1, 0.15) is 5.75 Å². The highest BCUT2D eigenvalue weighted by Crippen LogP contribution is 2.19. The van der Waals surface area contributed by atoms with Crippen LogP contribution in [0.25, 0.3) is 0 Å². The summed E-state index contributed by atoms with van der Waals surface area (Å²) in [7, 11) is 0. The van der Waals surface area contributed by atoms with Gasteiger partial charge in [-0.05, 0) is 56.7 Å². The molecule has 1 aromatic carbocycles. The Bertz CT molecular complexity index is 500. The van der Waals surface area contributed by atoms with Crippen molar-refractivity contribution in [3.63, 3.8) is 0 Å². The lowest BCUT2D eigenvalue weighted by molar-refractivity contribution is -0.132. The number of unbranched alkanes of at least 4 members (excludes halogenated alkanes) is 1. The summed E-state index contributed by atoms with van der Waals surface area (Å²) >= 11 is 0. The van der Waals surface area contributed by atoms with Crippen LogP contribution in [0.2, 0.25) is 0 Å². The molecule has 23 heavy (non-hydrogen) atoms. The Hall–Kier alpha value is -1.26. The second kappa shape index (κ2) is 9.78. The zero-order valence-electron chi connectivity index (χ0n) is 14.2. The van der Waals surface area contributed by atoms with Gasteiger partial charge in [0.25, 0.3) is 0 Å². The predicted molar refractivity (Wildman–Crippen MR) is 96.3 cm³/mol. The minimum atomic E-state index is 0. The third-order valence-electron chi connectivity index (χ3n) is 4.28. The van der Waals surface area contributed by atoms with Crippen molar-refractivity contribution < 1.29 is 9.53 Å². The van der Waals surface area contributed by atoms with E-state index in [9.17, 15) is 4.79 Å². The number of nitrogens with two attached hydrogens (primary N) is 1. The maximum absolute atomic E-state index is 12.1. The number of carbonyl (C=O) groups is 1. The highest BCUT2D eigenvalue weighted by atomic mass is 35.5. The van der Waals surface area contributed by atoms with Crippen LogP contribution >= 0.6 is 12.4 Å². The van der Waals surface area contributed by atoms with Crippen LogP contribution in [0.3, 0.4) is 0 Å². The van der Waals surface area contributed by atoms with Gasteiger partial charge in [0.2, 0.25) is 5.91 Å². The molecule has 0 saturated carbocycles. The molecule has 0 bridgehead atoms. The molecular weight excluding hydrogens is 312 g/mol. The molecular formula is C18H29ClN2O2. The van der Waals surface area contributed by atoms with Crippen LogP contribution in [0, 0.1) is 13.8 Å². The van der Waals surface area contributed by atoms with Crippen molar-refractivity contribution in [2.45, 2.75) is 52.0 Å². The minimum absolute atomic E-state index is 0. The van der Waals surface area contributed by atoms with Crippen molar-refractivity contribution in [2.75, 3.05) is 19.7 Å². The van der Waals surface area contributed by atoms with Crippen LogP contribution in [0.15, 0.2) is 18.2 Å². The Balaban J connectivity index is 0.00000264. The largest absolute Gasteiger partial charge is 0.493 e. The number of likely N-dealkylation sites (tertiary alicyclic amines) is 1. The molecule has 2 rings (SSSR count). The van der Waals surface area contributed by atoms with Crippen LogP contribution in [0.1, 0.15) is 43.2 Å². The number of ether oxygens (including phenoxy) is 1. The zero-order chi connectivity index (χ0) is 15.9. The first kappa shape index (κ1) is 19.8. The van der Waals surface area contributed by atoms with Gasteiger partial charge in [-0.15, -0.1) is 12.4 Å². The molecule has 0 aliphatic carbocycles. The minimum Gasteiger partial charge on any atom is -0.493 e. The Kier molecular flexibility index (Phi) is 8.42. The van der Waals surface area contributed by atoms with E-state index in [1.165, 1.54) is 5.56 Å². The number of rotatable bonds is 6. The molecule has 2 N–H and O–H groups in total. The van der Waals surface area contributed by atoms with E-state index in [0.717, 1.165) is 50.1 Å². The molecule has 1 amide bonds. The van der Waals surface area contributed by atoms with Crippen molar-refractivity contribution >= 4 is 18.3 Å². The average molecular weight is 341 g/mol. The van der Waals surface area contributed by atoms with Gasteiger partial charge in [0.15, 0.2) is 0 Å². The number of nitrogens with zero attached hydrogens (tertiary/aromatic N) is 1. The predicted octanol–water partition coefficient (Wildman–Crippen LogP) is 3.22. The maximum Gasteiger partial charge on any atom is 0.222 e. The maximum atomic E-state index is 12.1. The highest BCUT2D eigenvalue weighted by Gasteiger charge is 2.19. The van der Waals surface area contributed by atoms with Crippen molar-refractivity contribution in [1.29, 1.82) is 0 Å². The van der Waals surface area contributed by atoms with E-state index in [1.54, 1.807) is 0 Å². The first-order valence-corrected chi connectivity index (χ1v) is 8.29. The van der Waals surface area contributed by atoms with E-state index < -0.39 is 0 Å². The second-order valence-corrected chi connectivity index (χ2v) is 6.29. The number of hydrogen-bond donors (Lipinski definition) is 1. The summed E-state index contributed by atoms with van der Waals surface area (Å²) in [5.41, 5.74) is 8.23. The molecule has 0 radical (unpaired) electrons. The van der Waals surface area contributed by atoms with Crippen LogP contribution in [0.5, 0.6) is 5.75 Å². The number of amides is 1. The lowest BCUT2D eigenvalue weighted by Crippen LogP contribution is -2.42. The second-order valence-electron chi connectivity index (χ2n) is 6.29. The van der Waals surface area contributed by atoms with Gasteiger partial charge in [0, 0.05) is 25.6 Å². The van der Waals surface area contributed by atoms with E-state index in [1.807, 2.05) is 4.90 Å². The van der Waals surface area contributed by atoms with Crippen LogP contribution < -0.4 is 10.5 Å².